The molecule has 2 aromatic rings. The van der Waals surface area contributed by atoms with Crippen LogP contribution < -0.4 is 0 Å². The molecule has 0 aromatic heterocycles. The molecule has 0 radical (unpaired) electrons. The lowest BCUT2D eigenvalue weighted by Gasteiger charge is -2.36. The summed E-state index contributed by atoms with van der Waals surface area (Å²) in [5, 5.41) is 11.3. The molecule has 17 nitrogen and oxygen atoms in total. The smallest absolute Gasteiger partial charge is 0.410 e. The summed E-state index contributed by atoms with van der Waals surface area (Å²) in [5.74, 6) is -2.76. The Balaban J connectivity index is 1.16. The number of carbonyl (C=O) groups excluding carboxylic acids is 5. The molecule has 3 fully saturated rings. The van der Waals surface area contributed by atoms with Gasteiger partial charge in [-0.3, -0.25) is 29.0 Å². The van der Waals surface area contributed by atoms with Gasteiger partial charge in [-0.25, -0.2) is 21.6 Å². The summed E-state index contributed by atoms with van der Waals surface area (Å²) >= 11 is 0. The third kappa shape index (κ3) is 14.8. The van der Waals surface area contributed by atoms with Crippen molar-refractivity contribution in [2.24, 2.45) is 11.8 Å². The van der Waals surface area contributed by atoms with Gasteiger partial charge in [0.2, 0.25) is 20.0 Å². The molecule has 3 saturated heterocycles. The topological polar surface area (TPSA) is 209 Å². The van der Waals surface area contributed by atoms with Crippen LogP contribution in [-0.4, -0.2) is 166 Å². The maximum absolute atomic E-state index is 14.4. The molecule has 0 saturated carbocycles. The average Bonchev–Trinajstić information content (AvgIpc) is 4.19. The standard InChI is InChI=1S/C54H71N5O12S2/c1-40(60)49(37-42-13-11-15-46(35-42)72(66,67)57-25-7-8-26-57)44-17-20-51(71-54(65)56-32-30-55(31-33-56)24-5-3-4-6-29-59-52(63)21-22-53(59)64)48(19-18-45(62)23-34-70-39-44)50(41(2)61)38-43-14-12-16-47(36-43)73(68,69)58-27-9-10-28-58/h11-17,20-22,35-38,44-45,48,51,62H,3-10,18-19,23-34,39H2,1-2H3/b20-17+,49-37-,50-38-/t44-,45-,48+,51-/m1/s1. The van der Waals surface area contributed by atoms with E-state index in [2.05, 4.69) is 4.90 Å². The van der Waals surface area contributed by atoms with Gasteiger partial charge < -0.3 is 19.5 Å². The van der Waals surface area contributed by atoms with Crippen molar-refractivity contribution in [1.82, 2.24) is 23.3 Å². The molecule has 3 amide bonds. The molecule has 73 heavy (non-hydrogen) atoms. The summed E-state index contributed by atoms with van der Waals surface area (Å²) in [6, 6.07) is 12.9. The first-order valence-corrected chi connectivity index (χ1v) is 28.7. The van der Waals surface area contributed by atoms with E-state index in [0.29, 0.717) is 75.6 Å². The van der Waals surface area contributed by atoms with Crippen molar-refractivity contribution in [3.63, 3.8) is 0 Å². The van der Waals surface area contributed by atoms with Gasteiger partial charge in [-0.2, -0.15) is 8.61 Å². The van der Waals surface area contributed by atoms with Crippen LogP contribution in [0.4, 0.5) is 4.79 Å². The number of nitrogens with zero attached hydrogens (tertiary/aromatic N) is 5. The van der Waals surface area contributed by atoms with Gasteiger partial charge >= 0.3 is 6.09 Å². The Morgan fingerprint density at radius 1 is 0.671 bits per heavy atom. The molecular formula is C54H71N5O12S2. The number of aliphatic hydroxyl groups excluding tert-OH is 1. The zero-order valence-corrected chi connectivity index (χ0v) is 43.8. The van der Waals surface area contributed by atoms with E-state index >= 15 is 0 Å². The Bertz CT molecular complexity index is 2650. The SMILES string of the molecule is CC(=O)/C(=C/c1cccc(S(=O)(=O)N2CCCC2)c1)[C@@H]1/C=C/[C@@H](OC(=O)N2CCN(CCCCCCN3C(=O)C=CC3=O)CC2)[C@H](/C(=C\c2cccc(S(=O)(=O)N3CCCC3)c2)C(C)=O)CC[C@@H](O)CCOC1. The van der Waals surface area contributed by atoms with E-state index in [1.165, 1.54) is 57.7 Å². The Morgan fingerprint density at radius 3 is 1.75 bits per heavy atom. The predicted molar refractivity (Wildman–Crippen MR) is 276 cm³/mol. The van der Waals surface area contributed by atoms with Crippen molar-refractivity contribution in [3.05, 3.63) is 95.1 Å². The highest BCUT2D eigenvalue weighted by molar-refractivity contribution is 7.89. The van der Waals surface area contributed by atoms with Gasteiger partial charge in [0.05, 0.1) is 22.5 Å². The fourth-order valence-corrected chi connectivity index (χ4v) is 13.3. The van der Waals surface area contributed by atoms with Crippen LogP contribution >= 0.6 is 0 Å². The summed E-state index contributed by atoms with van der Waals surface area (Å²) in [4.78, 5) is 71.1. The van der Waals surface area contributed by atoms with Crippen LogP contribution in [0.15, 0.2) is 93.8 Å². The van der Waals surface area contributed by atoms with E-state index in [4.69, 9.17) is 9.47 Å². The molecule has 5 aliphatic rings. The molecule has 0 bridgehead atoms. The molecule has 7 rings (SSSR count). The summed E-state index contributed by atoms with van der Waals surface area (Å²) in [7, 11) is -7.56. The first-order chi connectivity index (χ1) is 35.0. The van der Waals surface area contributed by atoms with Crippen LogP contribution in [0.1, 0.15) is 95.6 Å². The van der Waals surface area contributed by atoms with Crippen LogP contribution in [0.2, 0.25) is 0 Å². The summed E-state index contributed by atoms with van der Waals surface area (Å²) in [5.41, 5.74) is 1.50. The van der Waals surface area contributed by atoms with E-state index in [9.17, 15) is 45.9 Å². The van der Waals surface area contributed by atoms with Gasteiger partial charge in [-0.1, -0.05) is 43.2 Å². The number of imide groups is 1. The second-order valence-electron chi connectivity index (χ2n) is 19.6. The molecule has 5 aliphatic heterocycles. The minimum absolute atomic E-state index is 0.00332. The second-order valence-corrected chi connectivity index (χ2v) is 23.5. The van der Waals surface area contributed by atoms with Crippen molar-refractivity contribution in [1.29, 1.82) is 0 Å². The highest BCUT2D eigenvalue weighted by Gasteiger charge is 2.34. The van der Waals surface area contributed by atoms with Crippen LogP contribution in [0.3, 0.4) is 0 Å². The molecule has 0 spiro atoms. The molecule has 0 aliphatic carbocycles. The van der Waals surface area contributed by atoms with Crippen LogP contribution in [0, 0.1) is 11.8 Å². The maximum Gasteiger partial charge on any atom is 0.410 e. The van der Waals surface area contributed by atoms with Gasteiger partial charge in [0.1, 0.15) is 6.10 Å². The first-order valence-electron chi connectivity index (χ1n) is 25.8. The molecule has 19 heteroatoms. The number of unbranched alkanes of at least 4 members (excludes halogenated alkanes) is 3. The first kappa shape index (κ1) is 55.6. The molecule has 396 valence electrons. The van der Waals surface area contributed by atoms with E-state index in [1.807, 2.05) is 0 Å². The highest BCUT2D eigenvalue weighted by Crippen LogP contribution is 2.33. The van der Waals surface area contributed by atoms with E-state index < -0.39 is 50.2 Å². The minimum atomic E-state index is -3.80. The maximum atomic E-state index is 14.4. The molecule has 5 heterocycles. The van der Waals surface area contributed by atoms with E-state index in [0.717, 1.165) is 57.9 Å². The van der Waals surface area contributed by atoms with Crippen LogP contribution in [-0.2, 0) is 48.7 Å². The minimum Gasteiger partial charge on any atom is -0.441 e. The molecule has 0 unspecified atom stereocenters. The fraction of sp³-hybridized carbons (Fsp3) is 0.537. The number of carbonyl (C=O) groups is 5. The number of rotatable bonds is 18. The number of amides is 3. The summed E-state index contributed by atoms with van der Waals surface area (Å²) in [6.07, 6.45) is 13.8. The summed E-state index contributed by atoms with van der Waals surface area (Å²) < 4.78 is 69.9. The number of ether oxygens (including phenoxy) is 2. The third-order valence-electron chi connectivity index (χ3n) is 14.4. The number of aliphatic hydroxyl groups is 1. The predicted octanol–water partition coefficient (Wildman–Crippen LogP) is 5.86. The lowest BCUT2D eigenvalue weighted by molar-refractivity contribution is -0.136. The number of ketones is 2. The monoisotopic (exact) mass is 1050 g/mol. The lowest BCUT2D eigenvalue weighted by atomic mass is 9.83. The quantitative estimate of drug-likeness (QED) is 0.0805. The normalized spacial score (nSPS) is 24.2. The van der Waals surface area contributed by atoms with Gasteiger partial charge in [-0.15, -0.1) is 0 Å². The number of piperazine rings is 1. The zero-order chi connectivity index (χ0) is 52.1. The largest absolute Gasteiger partial charge is 0.441 e. The van der Waals surface area contributed by atoms with Crippen LogP contribution in [0.25, 0.3) is 12.2 Å². The number of hydrogen-bond donors (Lipinski definition) is 1. The zero-order valence-electron chi connectivity index (χ0n) is 42.1. The number of Topliss-reactive ketones (excluding diaryl/α,β-unsaturated/α-hetero) is 2. The highest BCUT2D eigenvalue weighted by atomic mass is 32.2. The molecule has 2 aromatic carbocycles. The number of hydrogen-bond acceptors (Lipinski definition) is 13. The Hall–Kier alpha value is -5.15. The fourth-order valence-electron chi connectivity index (χ4n) is 10.1. The molecule has 1 N–H and O–H groups in total. The van der Waals surface area contributed by atoms with Gasteiger partial charge in [0, 0.05) is 101 Å². The second kappa shape index (κ2) is 25.9. The van der Waals surface area contributed by atoms with Gasteiger partial charge in [0.15, 0.2) is 11.6 Å². The Kier molecular flexibility index (Phi) is 19.7. The third-order valence-corrected chi connectivity index (χ3v) is 18.2. The Labute approximate surface area is 430 Å². The van der Waals surface area contributed by atoms with E-state index in [-0.39, 0.29) is 71.2 Å². The molecular weight excluding hydrogens is 975 g/mol. The van der Waals surface area contributed by atoms with E-state index in [1.54, 1.807) is 59.5 Å². The summed E-state index contributed by atoms with van der Waals surface area (Å²) in [6.45, 7) is 7.83. The van der Waals surface area contributed by atoms with Crippen molar-refractivity contribution in [2.75, 3.05) is 78.7 Å². The van der Waals surface area contributed by atoms with Crippen molar-refractivity contribution in [2.45, 2.75) is 106 Å². The van der Waals surface area contributed by atoms with Crippen molar-refractivity contribution < 1.29 is 55.4 Å². The Morgan fingerprint density at radius 2 is 1.21 bits per heavy atom. The van der Waals surface area contributed by atoms with Gasteiger partial charge in [0.25, 0.3) is 11.8 Å². The molecule has 4 atom stereocenters. The average molecular weight is 1050 g/mol. The van der Waals surface area contributed by atoms with Gasteiger partial charge in [-0.05, 0) is 132 Å². The lowest BCUT2D eigenvalue weighted by Crippen LogP contribution is -2.50. The number of benzene rings is 2. The number of sulfonamides is 2. The van der Waals surface area contributed by atoms with Crippen LogP contribution in [0.5, 0.6) is 0 Å². The van der Waals surface area contributed by atoms with Crippen molar-refractivity contribution in [3.8, 4) is 0 Å². The van der Waals surface area contributed by atoms with Crippen molar-refractivity contribution >= 4 is 61.7 Å².